The Morgan fingerprint density at radius 3 is 2.44 bits per heavy atom. The Morgan fingerprint density at radius 2 is 2.00 bits per heavy atom. The lowest BCUT2D eigenvalue weighted by atomic mass is 9.90. The summed E-state index contributed by atoms with van der Waals surface area (Å²) < 4.78 is 0. The number of hydrogen-bond donors (Lipinski definition) is 1. The number of hydrogen-bond acceptors (Lipinski definition) is 2. The van der Waals surface area contributed by atoms with Crippen LogP contribution in [0.5, 0.6) is 0 Å². The van der Waals surface area contributed by atoms with Gasteiger partial charge in [-0.25, -0.2) is 0 Å². The van der Waals surface area contributed by atoms with Crippen LogP contribution in [0.2, 0.25) is 0 Å². The molecule has 2 atom stereocenters. The molecule has 4 heteroatoms. The van der Waals surface area contributed by atoms with Crippen LogP contribution in [0.25, 0.3) is 0 Å². The minimum absolute atomic E-state index is 0.0141. The summed E-state index contributed by atoms with van der Waals surface area (Å²) in [5.41, 5.74) is -0.723. The highest BCUT2D eigenvalue weighted by atomic mass is 16.2. The van der Waals surface area contributed by atoms with Crippen LogP contribution in [-0.2, 0) is 9.59 Å². The summed E-state index contributed by atoms with van der Waals surface area (Å²) in [6.07, 6.45) is 1.34. The molecular weight excluding hydrogens is 204 g/mol. The predicted octanol–water partition coefficient (Wildman–Crippen LogP) is 1.16. The number of rotatable bonds is 3. The van der Waals surface area contributed by atoms with Crippen molar-refractivity contribution in [3.05, 3.63) is 0 Å². The van der Waals surface area contributed by atoms with E-state index in [9.17, 15) is 9.59 Å². The highest BCUT2D eigenvalue weighted by Gasteiger charge is 2.45. The molecule has 0 bridgehead atoms. The number of amides is 2. The van der Waals surface area contributed by atoms with Crippen molar-refractivity contribution >= 4 is 11.8 Å². The van der Waals surface area contributed by atoms with Crippen molar-refractivity contribution in [2.45, 2.75) is 52.1 Å². The molecule has 1 fully saturated rings. The van der Waals surface area contributed by atoms with Crippen molar-refractivity contribution in [3.63, 3.8) is 0 Å². The Bertz CT molecular complexity index is 301. The van der Waals surface area contributed by atoms with Gasteiger partial charge in [0.25, 0.3) is 0 Å². The number of carbonyl (C=O) groups is 2. The molecule has 0 aromatic heterocycles. The van der Waals surface area contributed by atoms with Crippen molar-refractivity contribution in [2.24, 2.45) is 5.92 Å². The van der Waals surface area contributed by atoms with E-state index >= 15 is 0 Å². The standard InChI is InChI=1S/C12H22N2O2/c1-6-12(4)11(16)14(5)9(7-8(2)3)10(15)13-12/h8-9H,6-7H2,1-5H3,(H,13,15). The fourth-order valence-corrected chi connectivity index (χ4v) is 2.07. The highest BCUT2D eigenvalue weighted by molar-refractivity contribution is 5.99. The quantitative estimate of drug-likeness (QED) is 0.785. The van der Waals surface area contributed by atoms with E-state index in [4.69, 9.17) is 0 Å². The average molecular weight is 226 g/mol. The topological polar surface area (TPSA) is 49.4 Å². The molecule has 1 N–H and O–H groups in total. The van der Waals surface area contributed by atoms with Crippen molar-refractivity contribution in [3.8, 4) is 0 Å². The van der Waals surface area contributed by atoms with E-state index in [0.29, 0.717) is 18.8 Å². The van der Waals surface area contributed by atoms with Gasteiger partial charge < -0.3 is 10.2 Å². The molecule has 0 spiro atoms. The summed E-state index contributed by atoms with van der Waals surface area (Å²) in [5, 5.41) is 2.85. The van der Waals surface area contributed by atoms with E-state index < -0.39 is 5.54 Å². The average Bonchev–Trinajstić information content (AvgIpc) is 2.21. The molecular formula is C12H22N2O2. The van der Waals surface area contributed by atoms with Gasteiger partial charge in [-0.05, 0) is 25.7 Å². The molecule has 0 aromatic carbocycles. The number of nitrogens with one attached hydrogen (secondary N) is 1. The van der Waals surface area contributed by atoms with Crippen LogP contribution in [0.15, 0.2) is 0 Å². The second kappa shape index (κ2) is 4.44. The van der Waals surface area contributed by atoms with Gasteiger partial charge in [0.15, 0.2) is 0 Å². The molecule has 0 saturated carbocycles. The van der Waals surface area contributed by atoms with Crippen LogP contribution in [-0.4, -0.2) is 35.3 Å². The minimum Gasteiger partial charge on any atom is -0.340 e. The van der Waals surface area contributed by atoms with E-state index in [1.165, 1.54) is 0 Å². The van der Waals surface area contributed by atoms with Crippen LogP contribution in [0.4, 0.5) is 0 Å². The second-order valence-corrected chi connectivity index (χ2v) is 5.24. The van der Waals surface area contributed by atoms with Gasteiger partial charge in [0.05, 0.1) is 0 Å². The van der Waals surface area contributed by atoms with Gasteiger partial charge in [0, 0.05) is 7.05 Å². The van der Waals surface area contributed by atoms with Crippen molar-refractivity contribution in [1.29, 1.82) is 0 Å². The largest absolute Gasteiger partial charge is 0.340 e. The molecule has 16 heavy (non-hydrogen) atoms. The monoisotopic (exact) mass is 226 g/mol. The lowest BCUT2D eigenvalue weighted by Crippen LogP contribution is -2.68. The summed E-state index contributed by atoms with van der Waals surface area (Å²) in [6, 6.07) is -0.313. The summed E-state index contributed by atoms with van der Waals surface area (Å²) in [6.45, 7) is 7.81. The summed E-state index contributed by atoms with van der Waals surface area (Å²) >= 11 is 0. The Kier molecular flexibility index (Phi) is 3.61. The Labute approximate surface area is 97.4 Å². The maximum atomic E-state index is 12.1. The number of piperazine rings is 1. The molecule has 0 radical (unpaired) electrons. The number of carbonyl (C=O) groups excluding carboxylic acids is 2. The first-order valence-electron chi connectivity index (χ1n) is 5.91. The highest BCUT2D eigenvalue weighted by Crippen LogP contribution is 2.23. The SMILES string of the molecule is CCC1(C)NC(=O)C(CC(C)C)N(C)C1=O. The van der Waals surface area contributed by atoms with Gasteiger partial charge in [-0.1, -0.05) is 20.8 Å². The molecule has 2 amide bonds. The van der Waals surface area contributed by atoms with E-state index in [1.54, 1.807) is 18.9 Å². The van der Waals surface area contributed by atoms with Gasteiger partial charge in [-0.2, -0.15) is 0 Å². The van der Waals surface area contributed by atoms with Gasteiger partial charge in [0.2, 0.25) is 11.8 Å². The zero-order valence-electron chi connectivity index (χ0n) is 10.8. The number of likely N-dealkylation sites (N-methyl/N-ethyl adjacent to an activating group) is 1. The predicted molar refractivity (Wildman–Crippen MR) is 62.9 cm³/mol. The van der Waals surface area contributed by atoms with Gasteiger partial charge in [0.1, 0.15) is 11.6 Å². The van der Waals surface area contributed by atoms with Crippen LogP contribution >= 0.6 is 0 Å². The van der Waals surface area contributed by atoms with Crippen molar-refractivity contribution in [1.82, 2.24) is 10.2 Å². The van der Waals surface area contributed by atoms with E-state index in [-0.39, 0.29) is 17.9 Å². The van der Waals surface area contributed by atoms with Crippen molar-refractivity contribution in [2.75, 3.05) is 7.05 Å². The Balaban J connectivity index is 2.89. The number of nitrogens with zero attached hydrogens (tertiary/aromatic N) is 1. The third-order valence-corrected chi connectivity index (χ3v) is 3.36. The van der Waals surface area contributed by atoms with Crippen LogP contribution < -0.4 is 5.32 Å². The van der Waals surface area contributed by atoms with E-state index in [2.05, 4.69) is 19.2 Å². The summed E-state index contributed by atoms with van der Waals surface area (Å²) in [5.74, 6) is 0.386. The molecule has 1 saturated heterocycles. The molecule has 1 aliphatic rings. The zero-order chi connectivity index (χ0) is 12.5. The minimum atomic E-state index is -0.723. The fraction of sp³-hybridized carbons (Fsp3) is 0.833. The van der Waals surface area contributed by atoms with E-state index in [1.807, 2.05) is 6.92 Å². The maximum absolute atomic E-state index is 12.1. The van der Waals surface area contributed by atoms with Crippen LogP contribution in [0.3, 0.4) is 0 Å². The molecule has 1 rings (SSSR count). The van der Waals surface area contributed by atoms with Gasteiger partial charge >= 0.3 is 0 Å². The Hall–Kier alpha value is -1.06. The third kappa shape index (κ3) is 2.20. The normalized spacial score (nSPS) is 30.9. The first kappa shape index (κ1) is 13.0. The molecule has 1 aliphatic heterocycles. The van der Waals surface area contributed by atoms with Gasteiger partial charge in [-0.15, -0.1) is 0 Å². The first-order chi connectivity index (χ1) is 7.31. The summed E-state index contributed by atoms with van der Waals surface area (Å²) in [4.78, 5) is 25.7. The maximum Gasteiger partial charge on any atom is 0.248 e. The lowest BCUT2D eigenvalue weighted by Gasteiger charge is -2.42. The smallest absolute Gasteiger partial charge is 0.248 e. The zero-order valence-corrected chi connectivity index (χ0v) is 10.8. The molecule has 2 unspecified atom stereocenters. The molecule has 4 nitrogen and oxygen atoms in total. The first-order valence-corrected chi connectivity index (χ1v) is 5.91. The van der Waals surface area contributed by atoms with Crippen LogP contribution in [0.1, 0.15) is 40.5 Å². The summed E-state index contributed by atoms with van der Waals surface area (Å²) in [7, 11) is 1.72. The Morgan fingerprint density at radius 1 is 1.44 bits per heavy atom. The fourth-order valence-electron chi connectivity index (χ4n) is 2.07. The van der Waals surface area contributed by atoms with Gasteiger partial charge in [-0.3, -0.25) is 9.59 Å². The van der Waals surface area contributed by atoms with Crippen molar-refractivity contribution < 1.29 is 9.59 Å². The van der Waals surface area contributed by atoms with Crippen LogP contribution in [0, 0.1) is 5.92 Å². The molecule has 92 valence electrons. The van der Waals surface area contributed by atoms with E-state index in [0.717, 1.165) is 0 Å². The molecule has 0 aromatic rings. The molecule has 0 aliphatic carbocycles. The molecule has 1 heterocycles. The second-order valence-electron chi connectivity index (χ2n) is 5.24. The lowest BCUT2D eigenvalue weighted by molar-refractivity contribution is -0.153. The third-order valence-electron chi connectivity index (χ3n) is 3.36.